The Labute approximate surface area is 84.9 Å². The second-order valence-electron chi connectivity index (χ2n) is 4.31. The molecule has 3 nitrogen and oxygen atoms in total. The van der Waals surface area contributed by atoms with Gasteiger partial charge in [-0.2, -0.15) is 0 Å². The minimum atomic E-state index is 0.677. The van der Waals surface area contributed by atoms with E-state index in [1.807, 2.05) is 0 Å². The quantitative estimate of drug-likeness (QED) is 0.802. The molecule has 0 unspecified atom stereocenters. The number of hydrogen-bond donors (Lipinski definition) is 1. The summed E-state index contributed by atoms with van der Waals surface area (Å²) in [6.45, 7) is 3.16. The van der Waals surface area contributed by atoms with E-state index < -0.39 is 0 Å². The fourth-order valence-electron chi connectivity index (χ4n) is 2.04. The van der Waals surface area contributed by atoms with Crippen molar-refractivity contribution in [1.82, 2.24) is 10.3 Å². The highest BCUT2D eigenvalue weighted by Crippen LogP contribution is 2.23. The summed E-state index contributed by atoms with van der Waals surface area (Å²) in [5.74, 6) is 1.85. The van der Waals surface area contributed by atoms with Crippen LogP contribution in [0.25, 0.3) is 0 Å². The van der Waals surface area contributed by atoms with Crippen molar-refractivity contribution in [1.29, 1.82) is 0 Å². The van der Waals surface area contributed by atoms with Gasteiger partial charge in [0.15, 0.2) is 6.39 Å². The molecular formula is C11H18N2O. The van der Waals surface area contributed by atoms with Gasteiger partial charge in [0.2, 0.25) is 0 Å². The van der Waals surface area contributed by atoms with Gasteiger partial charge >= 0.3 is 0 Å². The lowest BCUT2D eigenvalue weighted by Gasteiger charge is -2.26. The first-order valence-electron chi connectivity index (χ1n) is 5.45. The zero-order valence-corrected chi connectivity index (χ0v) is 8.70. The van der Waals surface area contributed by atoms with Gasteiger partial charge in [0.25, 0.3) is 0 Å². The standard InChI is InChI=1S/C11H18N2O/c1-9-2-4-10(5-3-9)13-7-11-6-12-8-14-11/h6,8-10,13H,2-5,7H2,1H3. The number of rotatable bonds is 3. The first-order valence-corrected chi connectivity index (χ1v) is 5.45. The lowest BCUT2D eigenvalue weighted by molar-refractivity contribution is 0.300. The Balaban J connectivity index is 1.71. The predicted octanol–water partition coefficient (Wildman–Crippen LogP) is 2.34. The van der Waals surface area contributed by atoms with E-state index in [4.69, 9.17) is 4.42 Å². The third-order valence-corrected chi connectivity index (χ3v) is 3.06. The maximum absolute atomic E-state index is 5.17. The Bertz CT molecular complexity index is 250. The molecule has 0 aromatic carbocycles. The highest BCUT2D eigenvalue weighted by molar-refractivity contribution is 4.88. The molecular weight excluding hydrogens is 176 g/mol. The molecule has 14 heavy (non-hydrogen) atoms. The molecule has 1 aromatic rings. The molecule has 0 bridgehead atoms. The molecule has 1 saturated carbocycles. The van der Waals surface area contributed by atoms with Gasteiger partial charge in [-0.3, -0.25) is 0 Å². The first kappa shape index (κ1) is 9.71. The zero-order valence-electron chi connectivity index (χ0n) is 8.70. The summed E-state index contributed by atoms with van der Waals surface area (Å²) in [4.78, 5) is 3.89. The molecule has 1 aliphatic carbocycles. The van der Waals surface area contributed by atoms with E-state index in [1.54, 1.807) is 6.20 Å². The number of nitrogens with one attached hydrogen (secondary N) is 1. The molecule has 1 fully saturated rings. The van der Waals surface area contributed by atoms with Crippen LogP contribution in [0.2, 0.25) is 0 Å². The fourth-order valence-corrected chi connectivity index (χ4v) is 2.04. The SMILES string of the molecule is CC1CCC(NCc2cnco2)CC1. The molecule has 0 radical (unpaired) electrons. The van der Waals surface area contributed by atoms with Gasteiger partial charge in [-0.05, 0) is 31.6 Å². The molecule has 1 heterocycles. The Morgan fingerprint density at radius 3 is 2.86 bits per heavy atom. The highest BCUT2D eigenvalue weighted by Gasteiger charge is 2.17. The van der Waals surface area contributed by atoms with Crippen molar-refractivity contribution < 1.29 is 4.42 Å². The van der Waals surface area contributed by atoms with Gasteiger partial charge in [-0.1, -0.05) is 6.92 Å². The average molecular weight is 194 g/mol. The Hall–Kier alpha value is -0.830. The van der Waals surface area contributed by atoms with Crippen molar-refractivity contribution in [3.8, 4) is 0 Å². The molecule has 0 saturated heterocycles. The van der Waals surface area contributed by atoms with Crippen LogP contribution >= 0.6 is 0 Å². The van der Waals surface area contributed by atoms with Crippen LogP contribution in [0, 0.1) is 5.92 Å². The Morgan fingerprint density at radius 2 is 2.21 bits per heavy atom. The van der Waals surface area contributed by atoms with Crippen LogP contribution in [-0.2, 0) is 6.54 Å². The third-order valence-electron chi connectivity index (χ3n) is 3.06. The van der Waals surface area contributed by atoms with Crippen LogP contribution in [0.5, 0.6) is 0 Å². The minimum Gasteiger partial charge on any atom is -0.447 e. The second-order valence-corrected chi connectivity index (χ2v) is 4.31. The lowest BCUT2D eigenvalue weighted by Crippen LogP contribution is -2.32. The maximum atomic E-state index is 5.17. The maximum Gasteiger partial charge on any atom is 0.180 e. The number of oxazole rings is 1. The molecule has 3 heteroatoms. The smallest absolute Gasteiger partial charge is 0.180 e. The highest BCUT2D eigenvalue weighted by atomic mass is 16.3. The molecule has 1 N–H and O–H groups in total. The molecule has 78 valence electrons. The van der Waals surface area contributed by atoms with Gasteiger partial charge in [0.1, 0.15) is 5.76 Å². The van der Waals surface area contributed by atoms with Gasteiger partial charge in [-0.15, -0.1) is 0 Å². The number of hydrogen-bond acceptors (Lipinski definition) is 3. The second kappa shape index (κ2) is 4.60. The summed E-state index contributed by atoms with van der Waals surface area (Å²) in [5.41, 5.74) is 0. The summed E-state index contributed by atoms with van der Waals surface area (Å²) in [6, 6.07) is 0.677. The largest absolute Gasteiger partial charge is 0.447 e. The monoisotopic (exact) mass is 194 g/mol. The molecule has 1 aromatic heterocycles. The molecule has 0 atom stereocenters. The minimum absolute atomic E-state index is 0.677. The average Bonchev–Trinajstić information content (AvgIpc) is 2.70. The lowest BCUT2D eigenvalue weighted by atomic mass is 9.87. The summed E-state index contributed by atoms with van der Waals surface area (Å²) >= 11 is 0. The van der Waals surface area contributed by atoms with E-state index in [-0.39, 0.29) is 0 Å². The summed E-state index contributed by atoms with van der Waals surface area (Å²) in [6.07, 6.45) is 8.57. The zero-order chi connectivity index (χ0) is 9.80. The van der Waals surface area contributed by atoms with Gasteiger partial charge in [0.05, 0.1) is 12.7 Å². The van der Waals surface area contributed by atoms with Crippen LogP contribution in [0.1, 0.15) is 38.4 Å². The van der Waals surface area contributed by atoms with E-state index in [1.165, 1.54) is 32.1 Å². The van der Waals surface area contributed by atoms with Crippen molar-refractivity contribution >= 4 is 0 Å². The van der Waals surface area contributed by atoms with Gasteiger partial charge < -0.3 is 9.73 Å². The van der Waals surface area contributed by atoms with Crippen molar-refractivity contribution in [3.05, 3.63) is 18.4 Å². The van der Waals surface area contributed by atoms with Crippen molar-refractivity contribution in [3.63, 3.8) is 0 Å². The molecule has 2 rings (SSSR count). The number of aromatic nitrogens is 1. The fraction of sp³-hybridized carbons (Fsp3) is 0.727. The topological polar surface area (TPSA) is 38.1 Å². The van der Waals surface area contributed by atoms with Crippen LogP contribution in [-0.4, -0.2) is 11.0 Å². The van der Waals surface area contributed by atoms with Crippen LogP contribution < -0.4 is 5.32 Å². The normalized spacial score (nSPS) is 27.8. The Morgan fingerprint density at radius 1 is 1.43 bits per heavy atom. The van der Waals surface area contributed by atoms with E-state index in [0.29, 0.717) is 6.04 Å². The van der Waals surface area contributed by atoms with Crippen molar-refractivity contribution in [2.75, 3.05) is 0 Å². The molecule has 0 amide bonds. The van der Waals surface area contributed by atoms with Gasteiger partial charge in [0, 0.05) is 6.04 Å². The first-order chi connectivity index (χ1) is 6.84. The van der Waals surface area contributed by atoms with Crippen LogP contribution in [0.3, 0.4) is 0 Å². The predicted molar refractivity (Wildman–Crippen MR) is 54.8 cm³/mol. The molecule has 0 spiro atoms. The summed E-state index contributed by atoms with van der Waals surface area (Å²) in [7, 11) is 0. The van der Waals surface area contributed by atoms with E-state index in [0.717, 1.165) is 18.2 Å². The third kappa shape index (κ3) is 2.58. The van der Waals surface area contributed by atoms with E-state index >= 15 is 0 Å². The van der Waals surface area contributed by atoms with Crippen molar-refractivity contribution in [2.24, 2.45) is 5.92 Å². The van der Waals surface area contributed by atoms with Crippen LogP contribution in [0.15, 0.2) is 17.0 Å². The van der Waals surface area contributed by atoms with Crippen LogP contribution in [0.4, 0.5) is 0 Å². The van der Waals surface area contributed by atoms with Gasteiger partial charge in [-0.25, -0.2) is 4.98 Å². The number of nitrogens with zero attached hydrogens (tertiary/aromatic N) is 1. The van der Waals surface area contributed by atoms with Crippen molar-refractivity contribution in [2.45, 2.75) is 45.2 Å². The Kier molecular flexibility index (Phi) is 3.19. The van der Waals surface area contributed by atoms with E-state index in [9.17, 15) is 0 Å². The molecule has 0 aliphatic heterocycles. The summed E-state index contributed by atoms with van der Waals surface area (Å²) in [5, 5.41) is 3.51. The molecule has 1 aliphatic rings. The summed E-state index contributed by atoms with van der Waals surface area (Å²) < 4.78 is 5.17. The van der Waals surface area contributed by atoms with E-state index in [2.05, 4.69) is 17.2 Å².